The number of thioether (sulfide) groups is 1. The van der Waals surface area contributed by atoms with Gasteiger partial charge in [-0.3, -0.25) is 19.8 Å². The zero-order valence-electron chi connectivity index (χ0n) is 15.2. The van der Waals surface area contributed by atoms with Crippen LogP contribution in [0.2, 0.25) is 0 Å². The predicted octanol–water partition coefficient (Wildman–Crippen LogP) is 5.16. The van der Waals surface area contributed by atoms with Gasteiger partial charge in [0, 0.05) is 23.1 Å². The van der Waals surface area contributed by atoms with Gasteiger partial charge >= 0.3 is 0 Å². The monoisotopic (exact) mass is 422 g/mol. The number of carbonyl (C=O) groups excluding carboxylic acids is 1. The molecule has 0 spiro atoms. The van der Waals surface area contributed by atoms with E-state index in [0.717, 1.165) is 22.5 Å². The van der Waals surface area contributed by atoms with Crippen molar-refractivity contribution in [3.8, 4) is 5.75 Å². The molecule has 0 N–H and O–H groups in total. The summed E-state index contributed by atoms with van der Waals surface area (Å²) in [6, 6.07) is 17.7. The van der Waals surface area contributed by atoms with Gasteiger partial charge in [0.2, 0.25) is 0 Å². The molecule has 1 aliphatic heterocycles. The lowest BCUT2D eigenvalue weighted by atomic mass is 10.1. The predicted molar refractivity (Wildman–Crippen MR) is 119 cm³/mol. The summed E-state index contributed by atoms with van der Waals surface area (Å²) in [5, 5.41) is 13.0. The molecule has 0 unspecified atom stereocenters. The molecule has 0 bridgehead atoms. The smallest absolute Gasteiger partial charge is 0.270 e. The van der Waals surface area contributed by atoms with Gasteiger partial charge in [-0.15, -0.1) is 0 Å². The molecule has 1 saturated heterocycles. The van der Waals surface area contributed by atoms with Crippen molar-refractivity contribution < 1.29 is 14.5 Å². The minimum atomic E-state index is -0.488. The molecule has 0 atom stereocenters. The Bertz CT molecular complexity index is 1200. The lowest BCUT2D eigenvalue weighted by molar-refractivity contribution is -0.384. The highest BCUT2D eigenvalue weighted by atomic mass is 32.2. The minimum Gasteiger partial charge on any atom is -0.496 e. The number of hydrogen-bond donors (Lipinski definition) is 0. The summed E-state index contributed by atoms with van der Waals surface area (Å²) in [7, 11) is 1.47. The topological polar surface area (TPSA) is 72.7 Å². The van der Waals surface area contributed by atoms with E-state index in [0.29, 0.717) is 26.2 Å². The Labute approximate surface area is 175 Å². The van der Waals surface area contributed by atoms with Crippen molar-refractivity contribution in [1.29, 1.82) is 0 Å². The second-order valence-corrected chi connectivity index (χ2v) is 7.87. The average Bonchev–Trinajstić information content (AvgIpc) is 3.00. The molecule has 0 saturated carbocycles. The molecular formula is C21H14N2O4S2. The van der Waals surface area contributed by atoms with E-state index < -0.39 is 4.92 Å². The maximum absolute atomic E-state index is 13.2. The van der Waals surface area contributed by atoms with E-state index in [1.165, 1.54) is 30.2 Å². The number of carbonyl (C=O) groups is 1. The van der Waals surface area contributed by atoms with Gasteiger partial charge in [-0.25, -0.2) is 0 Å². The maximum Gasteiger partial charge on any atom is 0.270 e. The van der Waals surface area contributed by atoms with Gasteiger partial charge in [0.15, 0.2) is 4.32 Å². The van der Waals surface area contributed by atoms with Crippen LogP contribution < -0.4 is 9.64 Å². The molecule has 0 aromatic heterocycles. The molecule has 1 aliphatic rings. The molecule has 3 aromatic rings. The third-order valence-corrected chi connectivity index (χ3v) is 5.81. The summed E-state index contributed by atoms with van der Waals surface area (Å²) in [6.07, 6.45) is 1.58. The first-order chi connectivity index (χ1) is 14.0. The third kappa shape index (κ3) is 3.48. The maximum atomic E-state index is 13.2. The minimum absolute atomic E-state index is 0.0819. The standard InChI is InChI=1S/C21H14N2O4S2/c1-27-18-10-9-15(23(25)26)11-14(18)12-19-20(24)22(21(28)29-19)17-8-4-6-13-5-2-3-7-16(13)17/h2-12H,1H3/b19-12-. The fourth-order valence-electron chi connectivity index (χ4n) is 3.17. The number of nitro groups is 1. The number of thiocarbonyl (C=S) groups is 1. The van der Waals surface area contributed by atoms with Gasteiger partial charge in [-0.1, -0.05) is 60.4 Å². The fraction of sp³-hybridized carbons (Fsp3) is 0.0476. The van der Waals surface area contributed by atoms with Crippen molar-refractivity contribution >= 4 is 62.4 Å². The first kappa shape index (κ1) is 19.1. The van der Waals surface area contributed by atoms with Crippen molar-refractivity contribution in [2.75, 3.05) is 12.0 Å². The van der Waals surface area contributed by atoms with Crippen LogP contribution in [0.3, 0.4) is 0 Å². The van der Waals surface area contributed by atoms with Gasteiger partial charge in [0.05, 0.1) is 22.6 Å². The highest BCUT2D eigenvalue weighted by Crippen LogP contribution is 2.40. The van der Waals surface area contributed by atoms with E-state index in [2.05, 4.69) is 0 Å². The molecule has 4 rings (SSSR count). The lowest BCUT2D eigenvalue weighted by Gasteiger charge is -2.17. The van der Waals surface area contributed by atoms with Crippen LogP contribution in [-0.4, -0.2) is 22.3 Å². The van der Waals surface area contributed by atoms with Gasteiger partial charge in [-0.05, 0) is 23.6 Å². The molecule has 144 valence electrons. The molecule has 0 radical (unpaired) electrons. The van der Waals surface area contributed by atoms with Crippen molar-refractivity contribution in [2.45, 2.75) is 0 Å². The van der Waals surface area contributed by atoms with E-state index in [1.54, 1.807) is 6.08 Å². The molecule has 1 heterocycles. The number of nitrogens with zero attached hydrogens (tertiary/aromatic N) is 2. The number of hydrogen-bond acceptors (Lipinski definition) is 6. The van der Waals surface area contributed by atoms with Crippen LogP contribution in [0.25, 0.3) is 16.8 Å². The molecule has 0 aliphatic carbocycles. The Morgan fingerprint density at radius 1 is 1.14 bits per heavy atom. The second-order valence-electron chi connectivity index (χ2n) is 6.20. The molecule has 8 heteroatoms. The molecule has 29 heavy (non-hydrogen) atoms. The number of benzene rings is 3. The number of methoxy groups -OCH3 is 1. The third-order valence-electron chi connectivity index (χ3n) is 4.51. The Morgan fingerprint density at radius 3 is 2.66 bits per heavy atom. The molecule has 1 amide bonds. The van der Waals surface area contributed by atoms with E-state index in [-0.39, 0.29) is 11.6 Å². The van der Waals surface area contributed by atoms with E-state index >= 15 is 0 Å². The second kappa shape index (κ2) is 7.65. The summed E-state index contributed by atoms with van der Waals surface area (Å²) >= 11 is 6.63. The largest absolute Gasteiger partial charge is 0.496 e. The van der Waals surface area contributed by atoms with Gasteiger partial charge in [-0.2, -0.15) is 0 Å². The zero-order valence-corrected chi connectivity index (χ0v) is 16.8. The van der Waals surface area contributed by atoms with E-state index in [4.69, 9.17) is 17.0 Å². The van der Waals surface area contributed by atoms with Crippen LogP contribution in [0.5, 0.6) is 5.75 Å². The number of rotatable bonds is 4. The summed E-state index contributed by atoms with van der Waals surface area (Å²) in [5.41, 5.74) is 1.07. The number of anilines is 1. The van der Waals surface area contributed by atoms with Crippen molar-refractivity contribution in [1.82, 2.24) is 0 Å². The van der Waals surface area contributed by atoms with E-state index in [9.17, 15) is 14.9 Å². The van der Waals surface area contributed by atoms with Gasteiger partial charge < -0.3 is 4.74 Å². The fourth-order valence-corrected chi connectivity index (χ4v) is 4.44. The Kier molecular flexibility index (Phi) is 5.04. The number of non-ortho nitro benzene ring substituents is 1. The molecule has 1 fully saturated rings. The Balaban J connectivity index is 1.78. The van der Waals surface area contributed by atoms with Crippen LogP contribution in [0.15, 0.2) is 65.6 Å². The molecule has 6 nitrogen and oxygen atoms in total. The van der Waals surface area contributed by atoms with Crippen LogP contribution in [0.1, 0.15) is 5.56 Å². The number of amides is 1. The first-order valence-corrected chi connectivity index (χ1v) is 9.80. The molecular weight excluding hydrogens is 408 g/mol. The summed E-state index contributed by atoms with van der Waals surface area (Å²) < 4.78 is 5.69. The van der Waals surface area contributed by atoms with Crippen LogP contribution in [0.4, 0.5) is 11.4 Å². The van der Waals surface area contributed by atoms with E-state index in [1.807, 2.05) is 42.5 Å². The van der Waals surface area contributed by atoms with Gasteiger partial charge in [0.1, 0.15) is 5.75 Å². The van der Waals surface area contributed by atoms with Crippen LogP contribution in [-0.2, 0) is 4.79 Å². The van der Waals surface area contributed by atoms with Gasteiger partial charge in [0.25, 0.3) is 11.6 Å². The summed E-state index contributed by atoms with van der Waals surface area (Å²) in [4.78, 5) is 25.7. The summed E-state index contributed by atoms with van der Waals surface area (Å²) in [6.45, 7) is 0. The quantitative estimate of drug-likeness (QED) is 0.250. The van der Waals surface area contributed by atoms with Crippen LogP contribution in [0, 0.1) is 10.1 Å². The lowest BCUT2D eigenvalue weighted by Crippen LogP contribution is -2.27. The van der Waals surface area contributed by atoms with Crippen molar-refractivity contribution in [2.24, 2.45) is 0 Å². The van der Waals surface area contributed by atoms with Crippen molar-refractivity contribution in [3.05, 3.63) is 81.2 Å². The van der Waals surface area contributed by atoms with Crippen LogP contribution >= 0.6 is 24.0 Å². The number of ether oxygens (including phenoxy) is 1. The first-order valence-electron chi connectivity index (χ1n) is 8.58. The Hall–Kier alpha value is -3.23. The highest BCUT2D eigenvalue weighted by molar-refractivity contribution is 8.27. The summed E-state index contributed by atoms with van der Waals surface area (Å²) in [5.74, 6) is 0.163. The SMILES string of the molecule is COc1ccc([N+](=O)[O-])cc1/C=C1\SC(=S)N(c2cccc3ccccc23)C1=O. The number of nitro benzene ring substituents is 1. The average molecular weight is 422 g/mol. The normalized spacial score (nSPS) is 15.3. The molecule has 3 aromatic carbocycles. The zero-order chi connectivity index (χ0) is 20.5. The highest BCUT2D eigenvalue weighted by Gasteiger charge is 2.34. The Morgan fingerprint density at radius 2 is 1.90 bits per heavy atom. The number of fused-ring (bicyclic) bond motifs is 1. The van der Waals surface area contributed by atoms with Crippen molar-refractivity contribution in [3.63, 3.8) is 0 Å².